The zero-order valence-corrected chi connectivity index (χ0v) is 16.5. The first kappa shape index (κ1) is 19.9. The highest BCUT2D eigenvalue weighted by Gasteiger charge is 2.18. The third-order valence-electron chi connectivity index (χ3n) is 4.34. The predicted octanol–water partition coefficient (Wildman–Crippen LogP) is 4.15. The summed E-state index contributed by atoms with van der Waals surface area (Å²) in [7, 11) is 0. The van der Waals surface area contributed by atoms with Crippen LogP contribution in [0.4, 0.5) is 4.39 Å². The number of halogens is 2. The molecule has 3 aromatic rings. The Kier molecular flexibility index (Phi) is 6.31. The number of hydrogen-bond donors (Lipinski definition) is 1. The quantitative estimate of drug-likeness (QED) is 0.605. The Balaban J connectivity index is 1.60. The number of carbonyl (C=O) groups excluding carboxylic acids is 1. The molecule has 0 spiro atoms. The Morgan fingerprint density at radius 1 is 1.21 bits per heavy atom. The van der Waals surface area contributed by atoms with Gasteiger partial charge in [0.2, 0.25) is 0 Å². The van der Waals surface area contributed by atoms with Crippen LogP contribution in [0.1, 0.15) is 27.3 Å². The van der Waals surface area contributed by atoms with Crippen LogP contribution in [0.3, 0.4) is 0 Å². The summed E-state index contributed by atoms with van der Waals surface area (Å²) < 4.78 is 20.3. The van der Waals surface area contributed by atoms with Crippen molar-refractivity contribution in [3.05, 3.63) is 81.9 Å². The molecule has 0 saturated carbocycles. The molecule has 2 aromatic carbocycles. The molecule has 7 heteroatoms. The summed E-state index contributed by atoms with van der Waals surface area (Å²) in [4.78, 5) is 12.6. The molecule has 0 atom stereocenters. The second kappa shape index (κ2) is 8.89. The van der Waals surface area contributed by atoms with E-state index in [1.165, 1.54) is 12.1 Å². The van der Waals surface area contributed by atoms with E-state index in [4.69, 9.17) is 16.3 Å². The van der Waals surface area contributed by atoms with Crippen LogP contribution in [0.5, 0.6) is 5.75 Å². The van der Waals surface area contributed by atoms with Gasteiger partial charge in [-0.05, 0) is 37.6 Å². The van der Waals surface area contributed by atoms with Gasteiger partial charge in [-0.3, -0.25) is 9.48 Å². The molecular formula is C21H21ClFN3O2. The molecule has 0 radical (unpaired) electrons. The van der Waals surface area contributed by atoms with Crippen molar-refractivity contribution in [3.8, 4) is 5.75 Å². The van der Waals surface area contributed by atoms with Crippen molar-refractivity contribution in [1.82, 2.24) is 15.1 Å². The lowest BCUT2D eigenvalue weighted by Gasteiger charge is -2.09. The number of ether oxygens (including phenoxy) is 1. The molecule has 0 aliphatic rings. The van der Waals surface area contributed by atoms with Crippen LogP contribution in [0, 0.1) is 19.7 Å². The molecule has 0 bridgehead atoms. The van der Waals surface area contributed by atoms with Crippen molar-refractivity contribution in [2.75, 3.05) is 13.2 Å². The highest BCUT2D eigenvalue weighted by molar-refractivity contribution is 6.31. The average molecular weight is 402 g/mol. The van der Waals surface area contributed by atoms with Gasteiger partial charge >= 0.3 is 0 Å². The van der Waals surface area contributed by atoms with E-state index >= 15 is 0 Å². The first-order valence-corrected chi connectivity index (χ1v) is 9.27. The Labute approximate surface area is 168 Å². The topological polar surface area (TPSA) is 56.2 Å². The van der Waals surface area contributed by atoms with Crippen LogP contribution in [-0.2, 0) is 6.54 Å². The van der Waals surface area contributed by atoms with Crippen LogP contribution in [-0.4, -0.2) is 28.8 Å². The summed E-state index contributed by atoms with van der Waals surface area (Å²) in [6.45, 7) is 4.68. The lowest BCUT2D eigenvalue weighted by molar-refractivity contribution is 0.0945. The molecule has 3 rings (SSSR count). The van der Waals surface area contributed by atoms with Gasteiger partial charge in [0.05, 0.1) is 24.3 Å². The number of hydrogen-bond acceptors (Lipinski definition) is 3. The van der Waals surface area contributed by atoms with Crippen LogP contribution in [0.2, 0.25) is 5.02 Å². The summed E-state index contributed by atoms with van der Waals surface area (Å²) in [5.74, 6) is -0.156. The number of amides is 1. The average Bonchev–Trinajstić information content (AvgIpc) is 2.94. The SMILES string of the molecule is Cc1nn(Cc2ccccc2Cl)c(C)c1C(=O)NCCOc1cccc(F)c1. The van der Waals surface area contributed by atoms with E-state index in [1.807, 2.05) is 31.2 Å². The second-order valence-corrected chi connectivity index (χ2v) is 6.76. The zero-order chi connectivity index (χ0) is 20.1. The van der Waals surface area contributed by atoms with Gasteiger partial charge in [-0.25, -0.2) is 4.39 Å². The molecule has 146 valence electrons. The molecule has 0 aliphatic heterocycles. The van der Waals surface area contributed by atoms with Crippen molar-refractivity contribution in [2.45, 2.75) is 20.4 Å². The minimum absolute atomic E-state index is 0.219. The van der Waals surface area contributed by atoms with Gasteiger partial charge < -0.3 is 10.1 Å². The Morgan fingerprint density at radius 3 is 2.75 bits per heavy atom. The summed E-state index contributed by atoms with van der Waals surface area (Å²) >= 11 is 6.22. The van der Waals surface area contributed by atoms with Crippen LogP contribution in [0.15, 0.2) is 48.5 Å². The predicted molar refractivity (Wildman–Crippen MR) is 106 cm³/mol. The molecule has 0 saturated heterocycles. The Morgan fingerprint density at radius 2 is 2.00 bits per heavy atom. The van der Waals surface area contributed by atoms with Gasteiger partial charge in [0.15, 0.2) is 0 Å². The van der Waals surface area contributed by atoms with Crippen LogP contribution in [0.25, 0.3) is 0 Å². The summed E-state index contributed by atoms with van der Waals surface area (Å²) in [6.07, 6.45) is 0. The van der Waals surface area contributed by atoms with Gasteiger partial charge in [-0.2, -0.15) is 5.10 Å². The molecule has 0 fully saturated rings. The van der Waals surface area contributed by atoms with Gasteiger partial charge in [-0.15, -0.1) is 0 Å². The summed E-state index contributed by atoms with van der Waals surface area (Å²) in [5.41, 5.74) is 2.89. The van der Waals surface area contributed by atoms with E-state index in [0.717, 1.165) is 11.3 Å². The fraction of sp³-hybridized carbons (Fsp3) is 0.238. The number of nitrogens with one attached hydrogen (secondary N) is 1. The van der Waals surface area contributed by atoms with Crippen LogP contribution >= 0.6 is 11.6 Å². The highest BCUT2D eigenvalue weighted by Crippen LogP contribution is 2.19. The van der Waals surface area contributed by atoms with Gasteiger partial charge in [0.25, 0.3) is 5.91 Å². The fourth-order valence-electron chi connectivity index (χ4n) is 2.95. The van der Waals surface area contributed by atoms with Gasteiger partial charge in [-0.1, -0.05) is 35.9 Å². The molecule has 0 aliphatic carbocycles. The minimum atomic E-state index is -0.362. The fourth-order valence-corrected chi connectivity index (χ4v) is 3.14. The number of benzene rings is 2. The molecule has 1 aromatic heterocycles. The molecular weight excluding hydrogens is 381 g/mol. The van der Waals surface area contributed by atoms with E-state index < -0.39 is 0 Å². The van der Waals surface area contributed by atoms with Gasteiger partial charge in [0.1, 0.15) is 18.2 Å². The number of aromatic nitrogens is 2. The number of nitrogens with zero attached hydrogens (tertiary/aromatic N) is 2. The number of rotatable bonds is 7. The van der Waals surface area contributed by atoms with Crippen molar-refractivity contribution < 1.29 is 13.9 Å². The maximum absolute atomic E-state index is 13.1. The van der Waals surface area contributed by atoms with E-state index in [1.54, 1.807) is 23.7 Å². The maximum Gasteiger partial charge on any atom is 0.255 e. The van der Waals surface area contributed by atoms with E-state index in [9.17, 15) is 9.18 Å². The Hall–Kier alpha value is -2.86. The molecule has 5 nitrogen and oxygen atoms in total. The first-order valence-electron chi connectivity index (χ1n) is 8.89. The number of carbonyl (C=O) groups is 1. The minimum Gasteiger partial charge on any atom is -0.492 e. The van der Waals surface area contributed by atoms with E-state index in [0.29, 0.717) is 35.1 Å². The lowest BCUT2D eigenvalue weighted by Crippen LogP contribution is -2.29. The molecule has 1 N–H and O–H groups in total. The first-order chi connectivity index (χ1) is 13.5. The Bertz CT molecular complexity index is 988. The largest absolute Gasteiger partial charge is 0.492 e. The van der Waals surface area contributed by atoms with Crippen LogP contribution < -0.4 is 10.1 Å². The molecule has 1 heterocycles. The number of aryl methyl sites for hydroxylation is 1. The third-order valence-corrected chi connectivity index (χ3v) is 4.71. The summed E-state index contributed by atoms with van der Waals surface area (Å²) in [5, 5.41) is 7.96. The molecule has 1 amide bonds. The van der Waals surface area contributed by atoms with Gasteiger partial charge in [0, 0.05) is 16.8 Å². The summed E-state index contributed by atoms with van der Waals surface area (Å²) in [6, 6.07) is 13.4. The normalized spacial score (nSPS) is 10.7. The molecule has 28 heavy (non-hydrogen) atoms. The zero-order valence-electron chi connectivity index (χ0n) is 15.7. The third kappa shape index (κ3) is 4.70. The van der Waals surface area contributed by atoms with Crippen molar-refractivity contribution >= 4 is 17.5 Å². The van der Waals surface area contributed by atoms with E-state index in [2.05, 4.69) is 10.4 Å². The standard InChI is InChI=1S/C21H21ClFN3O2/c1-14-20(15(2)26(25-14)13-16-6-3-4-9-19(16)22)21(27)24-10-11-28-18-8-5-7-17(23)12-18/h3-9,12H,10-11,13H2,1-2H3,(H,24,27). The van der Waals surface area contributed by atoms with Crippen molar-refractivity contribution in [2.24, 2.45) is 0 Å². The van der Waals surface area contributed by atoms with E-state index in [-0.39, 0.29) is 18.3 Å². The smallest absolute Gasteiger partial charge is 0.255 e. The monoisotopic (exact) mass is 401 g/mol. The van der Waals surface area contributed by atoms with Crippen molar-refractivity contribution in [3.63, 3.8) is 0 Å². The maximum atomic E-state index is 13.1. The second-order valence-electron chi connectivity index (χ2n) is 6.36. The highest BCUT2D eigenvalue weighted by atomic mass is 35.5. The van der Waals surface area contributed by atoms with Crippen molar-refractivity contribution in [1.29, 1.82) is 0 Å². The molecule has 0 unspecified atom stereocenters. The lowest BCUT2D eigenvalue weighted by atomic mass is 10.1.